The van der Waals surface area contributed by atoms with Gasteiger partial charge in [0, 0.05) is 11.3 Å². The molecule has 0 saturated carbocycles. The van der Waals surface area contributed by atoms with Crippen LogP contribution in [0.3, 0.4) is 0 Å². The molecule has 4 nitrogen and oxygen atoms in total. The summed E-state index contributed by atoms with van der Waals surface area (Å²) in [6, 6.07) is 10.4. The molecule has 0 bridgehead atoms. The minimum Gasteiger partial charge on any atom is -0.298 e. The zero-order valence-electron chi connectivity index (χ0n) is 9.71. The first-order valence-electron chi connectivity index (χ1n) is 5.35. The number of hydrogen-bond acceptors (Lipinski definition) is 3. The van der Waals surface area contributed by atoms with Crippen molar-refractivity contribution >= 4 is 22.0 Å². The van der Waals surface area contributed by atoms with Crippen LogP contribution in [0.5, 0.6) is 0 Å². The van der Waals surface area contributed by atoms with Crippen LogP contribution in [0.25, 0.3) is 0 Å². The van der Waals surface area contributed by atoms with Gasteiger partial charge in [-0.15, -0.1) is 0 Å². The lowest BCUT2D eigenvalue weighted by Gasteiger charge is -2.07. The number of carbonyl (C=O) groups is 1. The number of benzene rings is 2. The molecule has 0 unspecified atom stereocenters. The van der Waals surface area contributed by atoms with Gasteiger partial charge in [0.25, 0.3) is 10.0 Å². The number of aldehydes is 1. The molecule has 0 aromatic heterocycles. The second-order valence-electron chi connectivity index (χ2n) is 3.80. The Morgan fingerprint density at radius 3 is 2.05 bits per heavy atom. The predicted molar refractivity (Wildman–Crippen MR) is 69.0 cm³/mol. The Balaban J connectivity index is 2.26. The number of sulfonamides is 1. The lowest BCUT2D eigenvalue weighted by Crippen LogP contribution is -2.12. The van der Waals surface area contributed by atoms with E-state index in [4.69, 9.17) is 0 Å². The van der Waals surface area contributed by atoms with E-state index in [2.05, 4.69) is 4.72 Å². The van der Waals surface area contributed by atoms with Crippen LogP contribution in [0.2, 0.25) is 0 Å². The first-order chi connectivity index (χ1) is 9.01. The zero-order chi connectivity index (χ0) is 13.9. The zero-order valence-corrected chi connectivity index (χ0v) is 10.5. The summed E-state index contributed by atoms with van der Waals surface area (Å²) in [5.74, 6) is -0.446. The average Bonchev–Trinajstić information content (AvgIpc) is 2.41. The minimum absolute atomic E-state index is 0.0300. The van der Waals surface area contributed by atoms with Gasteiger partial charge in [-0.2, -0.15) is 0 Å². The maximum Gasteiger partial charge on any atom is 0.261 e. The van der Waals surface area contributed by atoms with Gasteiger partial charge in [0.2, 0.25) is 0 Å². The standard InChI is InChI=1S/C13H10FNO3S/c14-11-3-5-12(6-4-11)15-19(17,18)13-7-1-10(9-16)2-8-13/h1-9,15H. The molecule has 2 aromatic carbocycles. The Labute approximate surface area is 109 Å². The van der Waals surface area contributed by atoms with Gasteiger partial charge in [-0.3, -0.25) is 9.52 Å². The molecule has 19 heavy (non-hydrogen) atoms. The van der Waals surface area contributed by atoms with Crippen LogP contribution in [-0.4, -0.2) is 14.7 Å². The van der Waals surface area contributed by atoms with E-state index in [9.17, 15) is 17.6 Å². The molecule has 0 fully saturated rings. The highest BCUT2D eigenvalue weighted by Gasteiger charge is 2.13. The van der Waals surface area contributed by atoms with Crippen LogP contribution in [-0.2, 0) is 10.0 Å². The summed E-state index contributed by atoms with van der Waals surface area (Å²) in [7, 11) is -3.74. The van der Waals surface area contributed by atoms with Crippen molar-refractivity contribution in [1.82, 2.24) is 0 Å². The van der Waals surface area contributed by atoms with Crippen LogP contribution >= 0.6 is 0 Å². The fraction of sp³-hybridized carbons (Fsp3) is 0. The molecular weight excluding hydrogens is 269 g/mol. The first kappa shape index (κ1) is 13.2. The van der Waals surface area contributed by atoms with Crippen molar-refractivity contribution in [3.05, 3.63) is 59.9 Å². The van der Waals surface area contributed by atoms with E-state index in [-0.39, 0.29) is 10.6 Å². The van der Waals surface area contributed by atoms with Crippen molar-refractivity contribution in [3.63, 3.8) is 0 Å². The molecule has 0 aliphatic carbocycles. The number of hydrogen-bond donors (Lipinski definition) is 1. The second-order valence-corrected chi connectivity index (χ2v) is 5.48. The molecule has 1 N–H and O–H groups in total. The van der Waals surface area contributed by atoms with Gasteiger partial charge in [-0.25, -0.2) is 12.8 Å². The van der Waals surface area contributed by atoms with Crippen molar-refractivity contribution in [2.24, 2.45) is 0 Å². The van der Waals surface area contributed by atoms with Crippen molar-refractivity contribution in [1.29, 1.82) is 0 Å². The summed E-state index contributed by atoms with van der Waals surface area (Å²) in [6.45, 7) is 0. The molecule has 0 aliphatic heterocycles. The molecule has 2 aromatic rings. The molecule has 98 valence electrons. The Kier molecular flexibility index (Phi) is 3.62. The third kappa shape index (κ3) is 3.17. The number of anilines is 1. The van der Waals surface area contributed by atoms with E-state index in [0.717, 1.165) is 12.1 Å². The monoisotopic (exact) mass is 279 g/mol. The van der Waals surface area contributed by atoms with Crippen molar-refractivity contribution in [3.8, 4) is 0 Å². The summed E-state index contributed by atoms with van der Waals surface area (Å²) in [6.07, 6.45) is 0.629. The SMILES string of the molecule is O=Cc1ccc(S(=O)(=O)Nc2ccc(F)cc2)cc1. The maximum absolute atomic E-state index is 12.7. The Morgan fingerprint density at radius 1 is 0.947 bits per heavy atom. The lowest BCUT2D eigenvalue weighted by molar-refractivity contribution is 0.112. The van der Waals surface area contributed by atoms with Gasteiger partial charge in [0.05, 0.1) is 4.90 Å². The van der Waals surface area contributed by atoms with Crippen molar-refractivity contribution in [2.45, 2.75) is 4.90 Å². The molecule has 6 heteroatoms. The molecule has 0 heterocycles. The van der Waals surface area contributed by atoms with Crippen LogP contribution < -0.4 is 4.72 Å². The highest BCUT2D eigenvalue weighted by Crippen LogP contribution is 2.16. The van der Waals surface area contributed by atoms with Gasteiger partial charge >= 0.3 is 0 Å². The molecular formula is C13H10FNO3S. The number of halogens is 1. The molecule has 0 radical (unpaired) electrons. The third-order valence-electron chi connectivity index (χ3n) is 2.42. The minimum atomic E-state index is -3.74. The molecule has 2 rings (SSSR count). The van der Waals surface area contributed by atoms with Crippen molar-refractivity contribution in [2.75, 3.05) is 4.72 Å². The first-order valence-corrected chi connectivity index (χ1v) is 6.83. The smallest absolute Gasteiger partial charge is 0.261 e. The fourth-order valence-corrected chi connectivity index (χ4v) is 2.52. The Morgan fingerprint density at radius 2 is 1.53 bits per heavy atom. The highest BCUT2D eigenvalue weighted by molar-refractivity contribution is 7.92. The third-order valence-corrected chi connectivity index (χ3v) is 3.82. The average molecular weight is 279 g/mol. The topological polar surface area (TPSA) is 63.2 Å². The summed E-state index contributed by atoms with van der Waals surface area (Å²) in [5, 5.41) is 0. The number of nitrogens with one attached hydrogen (secondary N) is 1. The highest BCUT2D eigenvalue weighted by atomic mass is 32.2. The lowest BCUT2D eigenvalue weighted by atomic mass is 10.2. The van der Waals surface area contributed by atoms with Gasteiger partial charge in [0.1, 0.15) is 12.1 Å². The predicted octanol–water partition coefficient (Wildman–Crippen LogP) is 2.44. The molecule has 0 spiro atoms. The summed E-state index contributed by atoms with van der Waals surface area (Å²) in [5.41, 5.74) is 0.654. The van der Waals surface area contributed by atoms with E-state index < -0.39 is 15.8 Å². The molecule has 0 aliphatic rings. The second kappa shape index (κ2) is 5.19. The molecule has 0 saturated heterocycles. The maximum atomic E-state index is 12.7. The molecule has 0 amide bonds. The van der Waals surface area contributed by atoms with Crippen LogP contribution in [0, 0.1) is 5.82 Å². The van der Waals surface area contributed by atoms with E-state index in [1.54, 1.807) is 0 Å². The Bertz CT molecular complexity index is 679. The largest absolute Gasteiger partial charge is 0.298 e. The Hall–Kier alpha value is -2.21. The van der Waals surface area contributed by atoms with Gasteiger partial charge in [0.15, 0.2) is 0 Å². The molecule has 0 atom stereocenters. The number of rotatable bonds is 4. The van der Waals surface area contributed by atoms with E-state index in [1.807, 2.05) is 0 Å². The van der Waals surface area contributed by atoms with Gasteiger partial charge in [-0.05, 0) is 36.4 Å². The summed E-state index contributed by atoms with van der Waals surface area (Å²) < 4.78 is 39.0. The van der Waals surface area contributed by atoms with Gasteiger partial charge < -0.3 is 0 Å². The quantitative estimate of drug-likeness (QED) is 0.874. The van der Waals surface area contributed by atoms with Gasteiger partial charge in [-0.1, -0.05) is 12.1 Å². The van der Waals surface area contributed by atoms with E-state index in [1.165, 1.54) is 36.4 Å². The van der Waals surface area contributed by atoms with Crippen LogP contribution in [0.15, 0.2) is 53.4 Å². The fourth-order valence-electron chi connectivity index (χ4n) is 1.46. The van der Waals surface area contributed by atoms with Crippen LogP contribution in [0.4, 0.5) is 10.1 Å². The van der Waals surface area contributed by atoms with E-state index >= 15 is 0 Å². The summed E-state index contributed by atoms with van der Waals surface area (Å²) >= 11 is 0. The normalized spacial score (nSPS) is 11.0. The summed E-state index contributed by atoms with van der Waals surface area (Å²) in [4.78, 5) is 10.5. The van der Waals surface area contributed by atoms with E-state index in [0.29, 0.717) is 11.8 Å². The van der Waals surface area contributed by atoms with Crippen molar-refractivity contribution < 1.29 is 17.6 Å². The van der Waals surface area contributed by atoms with Crippen LogP contribution in [0.1, 0.15) is 10.4 Å². The number of carbonyl (C=O) groups excluding carboxylic acids is 1.